The van der Waals surface area contributed by atoms with Gasteiger partial charge in [0.1, 0.15) is 5.82 Å². The van der Waals surface area contributed by atoms with Gasteiger partial charge in [0.2, 0.25) is 0 Å². The van der Waals surface area contributed by atoms with Crippen LogP contribution in [0.4, 0.5) is 4.39 Å². The van der Waals surface area contributed by atoms with Crippen LogP contribution in [0, 0.1) is 12.7 Å². The summed E-state index contributed by atoms with van der Waals surface area (Å²) in [7, 11) is 0. The van der Waals surface area contributed by atoms with E-state index in [0.717, 1.165) is 29.2 Å². The third-order valence-corrected chi connectivity index (χ3v) is 3.84. The maximum absolute atomic E-state index is 13.4. The number of ether oxygens (including phenoxy) is 1. The first kappa shape index (κ1) is 12.8. The van der Waals surface area contributed by atoms with Crippen LogP contribution in [0.5, 0.6) is 0 Å². The van der Waals surface area contributed by atoms with E-state index in [1.54, 1.807) is 0 Å². The Morgan fingerprint density at radius 1 is 1.53 bits per heavy atom. The molecule has 0 radical (unpaired) electrons. The lowest BCUT2D eigenvalue weighted by Crippen LogP contribution is -2.41. The van der Waals surface area contributed by atoms with E-state index in [9.17, 15) is 4.39 Å². The summed E-state index contributed by atoms with van der Waals surface area (Å²) in [6.07, 6.45) is -0.0000463. The van der Waals surface area contributed by atoms with Gasteiger partial charge in [-0.3, -0.25) is 11.3 Å². The van der Waals surface area contributed by atoms with E-state index in [2.05, 4.69) is 5.43 Å². The zero-order chi connectivity index (χ0) is 12.3. The topological polar surface area (TPSA) is 47.3 Å². The van der Waals surface area contributed by atoms with E-state index >= 15 is 0 Å². The molecule has 0 amide bonds. The van der Waals surface area contributed by atoms with Crippen molar-refractivity contribution in [2.75, 3.05) is 18.1 Å². The monoisotopic (exact) mass is 256 g/mol. The number of thioether (sulfide) groups is 1. The van der Waals surface area contributed by atoms with Gasteiger partial charge in [0.25, 0.3) is 0 Å². The average molecular weight is 256 g/mol. The van der Waals surface area contributed by atoms with Crippen molar-refractivity contribution in [3.63, 3.8) is 0 Å². The molecule has 2 rings (SSSR count). The normalized spacial score (nSPS) is 22.4. The first-order valence-corrected chi connectivity index (χ1v) is 6.79. The van der Waals surface area contributed by atoms with Gasteiger partial charge < -0.3 is 4.74 Å². The van der Waals surface area contributed by atoms with Gasteiger partial charge in [-0.25, -0.2) is 4.39 Å². The number of aryl methyl sites for hydroxylation is 1. The van der Waals surface area contributed by atoms with Crippen molar-refractivity contribution in [1.29, 1.82) is 0 Å². The molecule has 17 heavy (non-hydrogen) atoms. The van der Waals surface area contributed by atoms with Gasteiger partial charge in [0, 0.05) is 11.5 Å². The molecule has 0 spiro atoms. The van der Waals surface area contributed by atoms with Gasteiger partial charge in [0.05, 0.1) is 18.8 Å². The summed E-state index contributed by atoms with van der Waals surface area (Å²) < 4.78 is 19.1. The Balaban J connectivity index is 2.21. The van der Waals surface area contributed by atoms with Gasteiger partial charge in [-0.15, -0.1) is 0 Å². The first-order valence-electron chi connectivity index (χ1n) is 5.63. The first-order chi connectivity index (χ1) is 8.20. The second kappa shape index (κ2) is 5.82. The van der Waals surface area contributed by atoms with Gasteiger partial charge in [-0.05, 0) is 30.2 Å². The molecule has 1 heterocycles. The van der Waals surface area contributed by atoms with Crippen molar-refractivity contribution in [2.45, 2.75) is 19.1 Å². The highest BCUT2D eigenvalue weighted by Gasteiger charge is 2.25. The lowest BCUT2D eigenvalue weighted by molar-refractivity contribution is 0.0467. The summed E-state index contributed by atoms with van der Waals surface area (Å²) >= 11 is 1.84. The number of halogens is 1. The molecule has 94 valence electrons. The number of hydrogen-bond donors (Lipinski definition) is 2. The zero-order valence-corrected chi connectivity index (χ0v) is 10.6. The summed E-state index contributed by atoms with van der Waals surface area (Å²) in [5.74, 6) is 7.23. The number of rotatable bonds is 3. The summed E-state index contributed by atoms with van der Waals surface area (Å²) in [4.78, 5) is 0. The van der Waals surface area contributed by atoms with Crippen LogP contribution >= 0.6 is 11.8 Å². The van der Waals surface area contributed by atoms with Crippen LogP contribution in [-0.2, 0) is 4.74 Å². The Bertz CT molecular complexity index is 363. The number of nitrogens with one attached hydrogen (secondary N) is 1. The lowest BCUT2D eigenvalue weighted by Gasteiger charge is -2.30. The van der Waals surface area contributed by atoms with Crippen molar-refractivity contribution in [3.8, 4) is 0 Å². The fourth-order valence-corrected chi connectivity index (χ4v) is 2.96. The maximum atomic E-state index is 13.4. The highest BCUT2D eigenvalue weighted by Crippen LogP contribution is 2.26. The molecule has 0 aliphatic carbocycles. The largest absolute Gasteiger partial charge is 0.374 e. The van der Waals surface area contributed by atoms with Gasteiger partial charge in [0.15, 0.2) is 0 Å². The molecular formula is C12H17FN2OS. The Labute approximate surface area is 105 Å². The fourth-order valence-electron chi connectivity index (χ4n) is 2.06. The minimum absolute atomic E-state index is 0.0000463. The van der Waals surface area contributed by atoms with Crippen LogP contribution in [-0.4, -0.2) is 24.2 Å². The number of hydrazine groups is 1. The Morgan fingerprint density at radius 2 is 2.35 bits per heavy atom. The van der Waals surface area contributed by atoms with E-state index in [-0.39, 0.29) is 18.0 Å². The average Bonchev–Trinajstić information content (AvgIpc) is 2.30. The summed E-state index contributed by atoms with van der Waals surface area (Å²) in [6, 6.07) is 4.81. The van der Waals surface area contributed by atoms with Crippen molar-refractivity contribution < 1.29 is 9.13 Å². The van der Waals surface area contributed by atoms with E-state index in [4.69, 9.17) is 10.6 Å². The zero-order valence-electron chi connectivity index (χ0n) is 9.78. The molecule has 1 saturated heterocycles. The van der Waals surface area contributed by atoms with Crippen molar-refractivity contribution >= 4 is 11.8 Å². The third-order valence-electron chi connectivity index (χ3n) is 2.82. The van der Waals surface area contributed by atoms with Crippen LogP contribution in [0.15, 0.2) is 18.2 Å². The van der Waals surface area contributed by atoms with Crippen LogP contribution in [0.1, 0.15) is 17.2 Å². The second-order valence-electron chi connectivity index (χ2n) is 4.19. The lowest BCUT2D eigenvalue weighted by atomic mass is 10.0. The molecule has 0 bridgehead atoms. The predicted molar refractivity (Wildman–Crippen MR) is 68.3 cm³/mol. The number of hydrogen-bond acceptors (Lipinski definition) is 4. The minimum atomic E-state index is -0.233. The SMILES string of the molecule is Cc1cc(F)cc(C(NN)C2CSCCO2)c1. The molecule has 2 unspecified atom stereocenters. The Hall–Kier alpha value is -0.620. The maximum Gasteiger partial charge on any atom is 0.123 e. The molecular weight excluding hydrogens is 239 g/mol. The second-order valence-corrected chi connectivity index (χ2v) is 5.34. The highest BCUT2D eigenvalue weighted by atomic mass is 32.2. The van der Waals surface area contributed by atoms with Gasteiger partial charge in [-0.1, -0.05) is 6.07 Å². The molecule has 1 aliphatic rings. The van der Waals surface area contributed by atoms with Crippen LogP contribution in [0.2, 0.25) is 0 Å². The quantitative estimate of drug-likeness (QED) is 0.639. The number of benzene rings is 1. The van der Waals surface area contributed by atoms with Crippen LogP contribution in [0.3, 0.4) is 0 Å². The van der Waals surface area contributed by atoms with Gasteiger partial charge in [-0.2, -0.15) is 11.8 Å². The molecule has 1 fully saturated rings. The molecule has 3 N–H and O–H groups in total. The summed E-state index contributed by atoms with van der Waals surface area (Å²) in [5, 5.41) is 0. The molecule has 3 nitrogen and oxygen atoms in total. The molecule has 2 atom stereocenters. The Morgan fingerprint density at radius 3 is 2.94 bits per heavy atom. The minimum Gasteiger partial charge on any atom is -0.374 e. The molecule has 1 aliphatic heterocycles. The van der Waals surface area contributed by atoms with E-state index in [1.165, 1.54) is 12.1 Å². The summed E-state index contributed by atoms with van der Waals surface area (Å²) in [5.41, 5.74) is 4.47. The molecule has 1 aromatic carbocycles. The van der Waals surface area contributed by atoms with Crippen LogP contribution < -0.4 is 11.3 Å². The standard InChI is InChI=1S/C12H17FN2OS/c1-8-4-9(6-10(13)5-8)12(15-14)11-7-17-3-2-16-11/h4-6,11-12,15H,2-3,7,14H2,1H3. The third kappa shape index (κ3) is 3.19. The fraction of sp³-hybridized carbons (Fsp3) is 0.500. The van der Waals surface area contributed by atoms with Crippen molar-refractivity contribution in [2.24, 2.45) is 5.84 Å². The molecule has 0 saturated carbocycles. The van der Waals surface area contributed by atoms with Crippen molar-refractivity contribution in [3.05, 3.63) is 35.1 Å². The molecule has 5 heteroatoms. The predicted octanol–water partition coefficient (Wildman–Crippen LogP) is 1.77. The highest BCUT2D eigenvalue weighted by molar-refractivity contribution is 7.99. The van der Waals surface area contributed by atoms with Gasteiger partial charge >= 0.3 is 0 Å². The Kier molecular flexibility index (Phi) is 4.39. The summed E-state index contributed by atoms with van der Waals surface area (Å²) in [6.45, 7) is 2.60. The number of nitrogens with two attached hydrogens (primary N) is 1. The van der Waals surface area contributed by atoms with E-state index in [0.29, 0.717) is 0 Å². The van der Waals surface area contributed by atoms with Crippen molar-refractivity contribution in [1.82, 2.24) is 5.43 Å². The molecule has 1 aromatic rings. The van der Waals surface area contributed by atoms with E-state index in [1.807, 2.05) is 24.8 Å². The van der Waals surface area contributed by atoms with Crippen LogP contribution in [0.25, 0.3) is 0 Å². The molecule has 0 aromatic heterocycles. The van der Waals surface area contributed by atoms with E-state index < -0.39 is 0 Å². The smallest absolute Gasteiger partial charge is 0.123 e.